The Morgan fingerprint density at radius 2 is 1.68 bits per heavy atom. The van der Waals surface area contributed by atoms with Crippen molar-refractivity contribution in [2.24, 2.45) is 5.73 Å². The molecule has 0 fully saturated rings. The van der Waals surface area contributed by atoms with Crippen LogP contribution in [-0.2, 0) is 11.2 Å². The first kappa shape index (κ1) is 16.3. The molecule has 0 aliphatic heterocycles. The molecule has 0 saturated carbocycles. The number of benzene rings is 2. The highest BCUT2D eigenvalue weighted by Gasteiger charge is 2.12. The van der Waals surface area contributed by atoms with Crippen LogP contribution in [0.2, 0.25) is 10.0 Å². The Balaban J connectivity index is 2.16. The van der Waals surface area contributed by atoms with Gasteiger partial charge in [-0.15, -0.1) is 0 Å². The number of aryl methyl sites for hydroxylation is 1. The molecular formula is C16H14Cl2N2O2. The Kier molecular flexibility index (Phi) is 5.41. The molecule has 114 valence electrons. The number of halogens is 2. The monoisotopic (exact) mass is 336 g/mol. The predicted molar refractivity (Wildman–Crippen MR) is 88.4 cm³/mol. The topological polar surface area (TPSA) is 72.2 Å². The number of hydrogen-bond donors (Lipinski definition) is 2. The van der Waals surface area contributed by atoms with Gasteiger partial charge in [-0.25, -0.2) is 0 Å². The fraction of sp³-hybridized carbons (Fsp3) is 0.125. The maximum atomic E-state index is 12.3. The molecule has 22 heavy (non-hydrogen) atoms. The molecule has 2 rings (SSSR count). The van der Waals surface area contributed by atoms with Crippen LogP contribution in [0.1, 0.15) is 22.3 Å². The van der Waals surface area contributed by atoms with Crippen LogP contribution < -0.4 is 11.1 Å². The van der Waals surface area contributed by atoms with E-state index in [4.69, 9.17) is 28.9 Å². The Bertz CT molecular complexity index is 697. The fourth-order valence-electron chi connectivity index (χ4n) is 1.94. The lowest BCUT2D eigenvalue weighted by molar-refractivity contribution is -0.117. The maximum Gasteiger partial charge on any atom is 0.255 e. The van der Waals surface area contributed by atoms with E-state index in [0.29, 0.717) is 27.7 Å². The Morgan fingerprint density at radius 1 is 1.05 bits per heavy atom. The number of carbonyl (C=O) groups excluding carboxylic acids is 2. The van der Waals surface area contributed by atoms with Crippen LogP contribution in [0, 0.1) is 0 Å². The molecule has 2 aromatic carbocycles. The molecule has 3 N–H and O–H groups in total. The molecule has 0 aliphatic rings. The van der Waals surface area contributed by atoms with Crippen molar-refractivity contribution in [3.8, 4) is 0 Å². The molecule has 0 atom stereocenters. The molecule has 6 heteroatoms. The lowest BCUT2D eigenvalue weighted by Gasteiger charge is -2.10. The van der Waals surface area contributed by atoms with Crippen molar-refractivity contribution in [2.45, 2.75) is 12.8 Å². The van der Waals surface area contributed by atoms with Crippen molar-refractivity contribution in [1.29, 1.82) is 0 Å². The van der Waals surface area contributed by atoms with Crippen LogP contribution in [0.5, 0.6) is 0 Å². The van der Waals surface area contributed by atoms with Gasteiger partial charge < -0.3 is 11.1 Å². The summed E-state index contributed by atoms with van der Waals surface area (Å²) in [4.78, 5) is 23.1. The van der Waals surface area contributed by atoms with Crippen LogP contribution in [0.25, 0.3) is 0 Å². The van der Waals surface area contributed by atoms with Gasteiger partial charge in [0.15, 0.2) is 0 Å². The predicted octanol–water partition coefficient (Wildman–Crippen LogP) is 3.66. The Labute approximate surface area is 138 Å². The third-order valence-corrected chi connectivity index (χ3v) is 3.68. The first-order valence-electron chi connectivity index (χ1n) is 6.60. The summed E-state index contributed by atoms with van der Waals surface area (Å²) in [5.41, 5.74) is 6.81. The number of nitrogens with one attached hydrogen (secondary N) is 1. The Hall–Kier alpha value is -2.04. The molecule has 0 heterocycles. The first-order chi connectivity index (χ1) is 10.5. The summed E-state index contributed by atoms with van der Waals surface area (Å²) in [5, 5.41) is 3.43. The zero-order valence-corrected chi connectivity index (χ0v) is 13.1. The lowest BCUT2D eigenvalue weighted by atomic mass is 10.1. The highest BCUT2D eigenvalue weighted by Crippen LogP contribution is 2.30. The molecule has 0 bridgehead atoms. The number of primary amides is 1. The molecule has 4 nitrogen and oxygen atoms in total. The zero-order chi connectivity index (χ0) is 16.1. The van der Waals surface area contributed by atoms with Crippen LogP contribution in [0.3, 0.4) is 0 Å². The molecular weight excluding hydrogens is 323 g/mol. The Morgan fingerprint density at radius 3 is 2.32 bits per heavy atom. The second kappa shape index (κ2) is 7.29. The number of nitrogens with two attached hydrogens (primary N) is 1. The minimum Gasteiger partial charge on any atom is -0.370 e. The summed E-state index contributed by atoms with van der Waals surface area (Å²) in [6.45, 7) is 0. The zero-order valence-electron chi connectivity index (χ0n) is 11.6. The summed E-state index contributed by atoms with van der Waals surface area (Å²) in [6.07, 6.45) is 0.727. The highest BCUT2D eigenvalue weighted by molar-refractivity contribution is 6.40. The van der Waals surface area contributed by atoms with Gasteiger partial charge in [0.25, 0.3) is 5.91 Å². The normalized spacial score (nSPS) is 10.3. The fourth-order valence-corrected chi connectivity index (χ4v) is 2.43. The third kappa shape index (κ3) is 4.23. The number of carbonyl (C=O) groups is 2. The van der Waals surface area contributed by atoms with E-state index in [9.17, 15) is 9.59 Å². The van der Waals surface area contributed by atoms with E-state index in [2.05, 4.69) is 5.32 Å². The van der Waals surface area contributed by atoms with Crippen LogP contribution >= 0.6 is 23.2 Å². The lowest BCUT2D eigenvalue weighted by Crippen LogP contribution is -2.14. The van der Waals surface area contributed by atoms with Crippen molar-refractivity contribution in [3.63, 3.8) is 0 Å². The van der Waals surface area contributed by atoms with Gasteiger partial charge in [-0.1, -0.05) is 41.4 Å². The molecule has 0 aliphatic carbocycles. The number of para-hydroxylation sites is 1. The largest absolute Gasteiger partial charge is 0.370 e. The van der Waals surface area contributed by atoms with E-state index >= 15 is 0 Å². The third-order valence-electron chi connectivity index (χ3n) is 3.05. The quantitative estimate of drug-likeness (QED) is 0.874. The molecule has 2 aromatic rings. The standard InChI is InChI=1S/C16H14Cl2N2O2/c17-12-5-2-6-13(18)15(12)20-16(22)11-4-1-3-10(9-11)7-8-14(19)21/h1-6,9H,7-8H2,(H2,19,21)(H,20,22). The maximum absolute atomic E-state index is 12.3. The number of rotatable bonds is 5. The van der Waals surface area contributed by atoms with Crippen molar-refractivity contribution in [1.82, 2.24) is 0 Å². The first-order valence-corrected chi connectivity index (χ1v) is 7.35. The minimum absolute atomic E-state index is 0.238. The second-order valence-corrected chi connectivity index (χ2v) is 5.53. The summed E-state index contributed by atoms with van der Waals surface area (Å²) in [5.74, 6) is -0.700. The SMILES string of the molecule is NC(=O)CCc1cccc(C(=O)Nc2c(Cl)cccc2Cl)c1. The van der Waals surface area contributed by atoms with Gasteiger partial charge >= 0.3 is 0 Å². The number of amides is 2. The number of hydrogen-bond acceptors (Lipinski definition) is 2. The minimum atomic E-state index is -0.377. The van der Waals surface area contributed by atoms with Crippen LogP contribution in [0.4, 0.5) is 5.69 Å². The van der Waals surface area contributed by atoms with Crippen LogP contribution in [-0.4, -0.2) is 11.8 Å². The smallest absolute Gasteiger partial charge is 0.255 e. The van der Waals surface area contributed by atoms with Crippen molar-refractivity contribution >= 4 is 40.7 Å². The van der Waals surface area contributed by atoms with Gasteiger partial charge in [0.05, 0.1) is 15.7 Å². The van der Waals surface area contributed by atoms with Gasteiger partial charge in [0.1, 0.15) is 0 Å². The summed E-state index contributed by atoms with van der Waals surface area (Å²) < 4.78 is 0. The van der Waals surface area contributed by atoms with E-state index in [1.807, 2.05) is 6.07 Å². The molecule has 0 aromatic heterocycles. The molecule has 0 saturated heterocycles. The van der Waals surface area contributed by atoms with Gasteiger partial charge in [-0.2, -0.15) is 0 Å². The highest BCUT2D eigenvalue weighted by atomic mass is 35.5. The molecule has 2 amide bonds. The second-order valence-electron chi connectivity index (χ2n) is 4.72. The summed E-state index contributed by atoms with van der Waals surface area (Å²) in [6, 6.07) is 12.0. The van der Waals surface area contributed by atoms with E-state index < -0.39 is 0 Å². The number of anilines is 1. The van der Waals surface area contributed by atoms with E-state index in [-0.39, 0.29) is 18.2 Å². The molecule has 0 spiro atoms. The summed E-state index contributed by atoms with van der Waals surface area (Å²) in [7, 11) is 0. The van der Waals surface area contributed by atoms with E-state index in [1.54, 1.807) is 36.4 Å². The molecule has 0 unspecified atom stereocenters. The van der Waals surface area contributed by atoms with E-state index in [1.165, 1.54) is 0 Å². The van der Waals surface area contributed by atoms with Gasteiger partial charge in [-0.3, -0.25) is 9.59 Å². The average Bonchev–Trinajstić information content (AvgIpc) is 2.49. The average molecular weight is 337 g/mol. The van der Waals surface area contributed by atoms with Crippen LogP contribution in [0.15, 0.2) is 42.5 Å². The van der Waals surface area contributed by atoms with E-state index in [0.717, 1.165) is 5.56 Å². The van der Waals surface area contributed by atoms with Gasteiger partial charge in [0.2, 0.25) is 5.91 Å². The molecule has 0 radical (unpaired) electrons. The van der Waals surface area contributed by atoms with Gasteiger partial charge in [0, 0.05) is 12.0 Å². The van der Waals surface area contributed by atoms with Gasteiger partial charge in [-0.05, 0) is 36.2 Å². The summed E-state index contributed by atoms with van der Waals surface area (Å²) >= 11 is 12.1. The van der Waals surface area contributed by atoms with Crippen molar-refractivity contribution in [2.75, 3.05) is 5.32 Å². The van der Waals surface area contributed by atoms with Crippen molar-refractivity contribution in [3.05, 3.63) is 63.6 Å². The van der Waals surface area contributed by atoms with Crippen molar-refractivity contribution < 1.29 is 9.59 Å².